The third kappa shape index (κ3) is 1.81. The summed E-state index contributed by atoms with van der Waals surface area (Å²) < 4.78 is 26.2. The van der Waals surface area contributed by atoms with Gasteiger partial charge in [-0.25, -0.2) is 8.78 Å². The van der Waals surface area contributed by atoms with Crippen molar-refractivity contribution in [1.29, 1.82) is 0 Å². The van der Waals surface area contributed by atoms with Crippen LogP contribution in [0.4, 0.5) is 8.78 Å². The minimum absolute atomic E-state index is 0.310. The fourth-order valence-electron chi connectivity index (χ4n) is 0.908. The highest BCUT2D eigenvalue weighted by molar-refractivity contribution is 9.10. The zero-order valence-electron chi connectivity index (χ0n) is 6.50. The molecule has 0 fully saturated rings. The van der Waals surface area contributed by atoms with Crippen LogP contribution in [0.2, 0.25) is 0 Å². The second-order valence-corrected chi connectivity index (χ2v) is 3.21. The average Bonchev–Trinajstić information content (AvgIpc) is 2.06. The molecule has 0 saturated carbocycles. The van der Waals surface area contributed by atoms with Gasteiger partial charge in [0.1, 0.15) is 0 Å². The highest BCUT2D eigenvalue weighted by atomic mass is 79.9. The lowest BCUT2D eigenvalue weighted by Crippen LogP contribution is -2.08. The Balaban J connectivity index is 3.14. The average molecular weight is 236 g/mol. The predicted octanol–water partition coefficient (Wildman–Crippen LogP) is 2.45. The zero-order valence-corrected chi connectivity index (χ0v) is 8.08. The van der Waals surface area contributed by atoms with Gasteiger partial charge in [-0.2, -0.15) is 0 Å². The molecule has 1 aromatic carbocycles. The largest absolute Gasteiger partial charge is 0.316 e. The molecule has 1 aromatic rings. The Morgan fingerprint density at radius 1 is 1.42 bits per heavy atom. The molecule has 0 aliphatic rings. The number of nitrogens with one attached hydrogen (secondary N) is 1. The summed E-state index contributed by atoms with van der Waals surface area (Å²) in [5, 5.41) is 2.76. The topological polar surface area (TPSA) is 12.0 Å². The van der Waals surface area contributed by atoms with E-state index in [1.54, 1.807) is 7.05 Å². The Hall–Kier alpha value is -0.480. The Morgan fingerprint density at radius 2 is 2.08 bits per heavy atom. The maximum atomic E-state index is 13.0. The van der Waals surface area contributed by atoms with Crippen LogP contribution in [0.5, 0.6) is 0 Å². The number of benzene rings is 1. The Labute approximate surface area is 77.9 Å². The van der Waals surface area contributed by atoms with E-state index in [-0.39, 0.29) is 0 Å². The first-order valence-corrected chi connectivity index (χ1v) is 4.23. The summed E-state index contributed by atoms with van der Waals surface area (Å²) in [4.78, 5) is 0. The first-order chi connectivity index (χ1) is 5.66. The molecule has 0 atom stereocenters. The highest BCUT2D eigenvalue weighted by Crippen LogP contribution is 2.21. The molecule has 0 heterocycles. The summed E-state index contributed by atoms with van der Waals surface area (Å²) in [6.45, 7) is 0.310. The third-order valence-electron chi connectivity index (χ3n) is 1.49. The van der Waals surface area contributed by atoms with E-state index in [0.29, 0.717) is 16.6 Å². The van der Waals surface area contributed by atoms with Crippen LogP contribution in [0, 0.1) is 11.6 Å². The Morgan fingerprint density at radius 3 is 2.67 bits per heavy atom. The number of hydrogen-bond acceptors (Lipinski definition) is 1. The van der Waals surface area contributed by atoms with Gasteiger partial charge in [0.05, 0.1) is 0 Å². The standard InChI is InChI=1S/C8H8BrF2N/c1-12-4-5-6(9)2-3-7(10)8(5)11/h2-3,12H,4H2,1H3. The quantitative estimate of drug-likeness (QED) is 0.777. The van der Waals surface area contributed by atoms with E-state index in [1.807, 2.05) is 0 Å². The van der Waals surface area contributed by atoms with Gasteiger partial charge in [0, 0.05) is 16.6 Å². The van der Waals surface area contributed by atoms with E-state index < -0.39 is 11.6 Å². The van der Waals surface area contributed by atoms with Crippen LogP contribution in [0.3, 0.4) is 0 Å². The van der Waals surface area contributed by atoms with Gasteiger partial charge in [0.2, 0.25) is 0 Å². The summed E-state index contributed by atoms with van der Waals surface area (Å²) in [6, 6.07) is 2.59. The molecule has 0 amide bonds. The first kappa shape index (κ1) is 9.61. The van der Waals surface area contributed by atoms with Crippen molar-refractivity contribution in [2.24, 2.45) is 0 Å². The van der Waals surface area contributed by atoms with E-state index in [2.05, 4.69) is 21.2 Å². The molecule has 0 unspecified atom stereocenters. The lowest BCUT2D eigenvalue weighted by molar-refractivity contribution is 0.494. The molecule has 0 aliphatic heterocycles. The second kappa shape index (κ2) is 3.96. The lowest BCUT2D eigenvalue weighted by Gasteiger charge is -2.05. The predicted molar refractivity (Wildman–Crippen MR) is 46.8 cm³/mol. The Kier molecular flexibility index (Phi) is 3.17. The maximum absolute atomic E-state index is 13.0. The van der Waals surface area contributed by atoms with Gasteiger partial charge in [-0.15, -0.1) is 0 Å². The van der Waals surface area contributed by atoms with E-state index in [0.717, 1.165) is 6.07 Å². The van der Waals surface area contributed by atoms with Crippen LogP contribution in [0.1, 0.15) is 5.56 Å². The van der Waals surface area contributed by atoms with Crippen LogP contribution in [0.25, 0.3) is 0 Å². The van der Waals surface area contributed by atoms with Crippen molar-refractivity contribution in [2.45, 2.75) is 6.54 Å². The summed E-state index contributed by atoms with van der Waals surface area (Å²) in [5.41, 5.74) is 0.317. The molecule has 12 heavy (non-hydrogen) atoms. The van der Waals surface area contributed by atoms with Crippen molar-refractivity contribution in [2.75, 3.05) is 7.05 Å². The van der Waals surface area contributed by atoms with Gasteiger partial charge >= 0.3 is 0 Å². The number of halogens is 3. The molecule has 1 nitrogen and oxygen atoms in total. The molecule has 0 saturated heterocycles. The minimum Gasteiger partial charge on any atom is -0.316 e. The van der Waals surface area contributed by atoms with Crippen molar-refractivity contribution in [3.05, 3.63) is 33.8 Å². The number of hydrogen-bond donors (Lipinski definition) is 1. The van der Waals surface area contributed by atoms with Crippen molar-refractivity contribution < 1.29 is 8.78 Å². The second-order valence-electron chi connectivity index (χ2n) is 2.35. The Bertz CT molecular complexity index is 289. The van der Waals surface area contributed by atoms with Crippen molar-refractivity contribution in [1.82, 2.24) is 5.32 Å². The fraction of sp³-hybridized carbons (Fsp3) is 0.250. The van der Waals surface area contributed by atoms with Crippen molar-refractivity contribution in [3.63, 3.8) is 0 Å². The summed E-state index contributed by atoms with van der Waals surface area (Å²) in [7, 11) is 1.68. The molecule has 0 spiro atoms. The first-order valence-electron chi connectivity index (χ1n) is 3.43. The molecule has 0 aromatic heterocycles. The minimum atomic E-state index is -0.816. The van der Waals surface area contributed by atoms with E-state index in [9.17, 15) is 8.78 Å². The monoisotopic (exact) mass is 235 g/mol. The number of rotatable bonds is 2. The smallest absolute Gasteiger partial charge is 0.164 e. The van der Waals surface area contributed by atoms with Gasteiger partial charge < -0.3 is 5.32 Å². The molecule has 0 bridgehead atoms. The van der Waals surface area contributed by atoms with Gasteiger partial charge in [0.15, 0.2) is 11.6 Å². The maximum Gasteiger partial charge on any atom is 0.164 e. The van der Waals surface area contributed by atoms with Crippen molar-refractivity contribution >= 4 is 15.9 Å². The molecule has 66 valence electrons. The van der Waals surface area contributed by atoms with Crippen LogP contribution < -0.4 is 5.32 Å². The van der Waals surface area contributed by atoms with Gasteiger partial charge in [-0.3, -0.25) is 0 Å². The van der Waals surface area contributed by atoms with Gasteiger partial charge in [-0.1, -0.05) is 15.9 Å². The van der Waals surface area contributed by atoms with E-state index in [1.165, 1.54) is 6.07 Å². The molecular weight excluding hydrogens is 228 g/mol. The normalized spacial score (nSPS) is 10.3. The van der Waals surface area contributed by atoms with E-state index >= 15 is 0 Å². The SMILES string of the molecule is CNCc1c(Br)ccc(F)c1F. The summed E-state index contributed by atoms with van der Waals surface area (Å²) >= 11 is 3.14. The molecule has 1 N–H and O–H groups in total. The molecule has 0 aliphatic carbocycles. The fourth-order valence-corrected chi connectivity index (χ4v) is 1.35. The van der Waals surface area contributed by atoms with Crippen LogP contribution in [0.15, 0.2) is 16.6 Å². The van der Waals surface area contributed by atoms with E-state index in [4.69, 9.17) is 0 Å². The zero-order chi connectivity index (χ0) is 9.14. The molecule has 1 rings (SSSR count). The molecular formula is C8H8BrF2N. The van der Waals surface area contributed by atoms with Crippen molar-refractivity contribution in [3.8, 4) is 0 Å². The van der Waals surface area contributed by atoms with Crippen LogP contribution in [-0.2, 0) is 6.54 Å². The van der Waals surface area contributed by atoms with Gasteiger partial charge in [0.25, 0.3) is 0 Å². The summed E-state index contributed by atoms with van der Waals surface area (Å²) in [5.74, 6) is -1.61. The summed E-state index contributed by atoms with van der Waals surface area (Å²) in [6.07, 6.45) is 0. The lowest BCUT2D eigenvalue weighted by atomic mass is 10.2. The van der Waals surface area contributed by atoms with Gasteiger partial charge in [-0.05, 0) is 19.2 Å². The third-order valence-corrected chi connectivity index (χ3v) is 2.24. The molecule has 0 radical (unpaired) electrons. The molecule has 4 heteroatoms. The highest BCUT2D eigenvalue weighted by Gasteiger charge is 2.10. The van der Waals surface area contributed by atoms with Crippen LogP contribution >= 0.6 is 15.9 Å². The van der Waals surface area contributed by atoms with Crippen LogP contribution in [-0.4, -0.2) is 7.05 Å².